The molecule has 0 atom stereocenters. The zero-order valence-corrected chi connectivity index (χ0v) is 16.0. The fraction of sp³-hybridized carbons (Fsp3) is 0.286. The van der Waals surface area contributed by atoms with Crippen molar-refractivity contribution in [2.45, 2.75) is 13.8 Å². The predicted octanol–water partition coefficient (Wildman–Crippen LogP) is 4.04. The molecule has 6 nitrogen and oxygen atoms in total. The normalized spacial score (nSPS) is 14.0. The number of fused-ring (bicyclic) bond motifs is 1. The standard InChI is InChI=1S/C21H22O6/c1-6-26-15-8-7-14-20(22)19(27-21(14)12(15)2)10-13-9-17(24-4)18(25-5)11-16(13)23-3/h7-11H,6H2,1-5H3/b19-10-. The topological polar surface area (TPSA) is 63.2 Å². The zero-order valence-electron chi connectivity index (χ0n) is 16.0. The van der Waals surface area contributed by atoms with Crippen LogP contribution in [0.4, 0.5) is 0 Å². The molecular weight excluding hydrogens is 348 g/mol. The van der Waals surface area contributed by atoms with Gasteiger partial charge in [-0.25, -0.2) is 0 Å². The Bertz CT molecular complexity index is 913. The van der Waals surface area contributed by atoms with E-state index in [0.717, 1.165) is 5.56 Å². The van der Waals surface area contributed by atoms with Gasteiger partial charge in [-0.2, -0.15) is 0 Å². The third-order valence-corrected chi connectivity index (χ3v) is 4.36. The lowest BCUT2D eigenvalue weighted by molar-refractivity contribution is 0.101. The summed E-state index contributed by atoms with van der Waals surface area (Å²) in [6.45, 7) is 4.32. The van der Waals surface area contributed by atoms with Crippen LogP contribution in [0.15, 0.2) is 30.0 Å². The Morgan fingerprint density at radius 3 is 2.26 bits per heavy atom. The smallest absolute Gasteiger partial charge is 0.231 e. The molecule has 0 N–H and O–H groups in total. The van der Waals surface area contributed by atoms with E-state index in [2.05, 4.69) is 0 Å². The highest BCUT2D eigenvalue weighted by molar-refractivity contribution is 6.15. The first-order valence-electron chi connectivity index (χ1n) is 8.54. The van der Waals surface area contributed by atoms with Crippen molar-refractivity contribution in [3.8, 4) is 28.7 Å². The minimum atomic E-state index is -0.187. The number of Topliss-reactive ketones (excluding diaryl/α,β-unsaturated/α-hetero) is 1. The van der Waals surface area contributed by atoms with Gasteiger partial charge in [0.25, 0.3) is 0 Å². The van der Waals surface area contributed by atoms with Crippen molar-refractivity contribution in [2.75, 3.05) is 27.9 Å². The lowest BCUT2D eigenvalue weighted by atomic mass is 10.1. The molecule has 1 aliphatic rings. The van der Waals surface area contributed by atoms with E-state index in [0.29, 0.717) is 46.5 Å². The summed E-state index contributed by atoms with van der Waals surface area (Å²) in [6, 6.07) is 6.96. The van der Waals surface area contributed by atoms with Crippen molar-refractivity contribution in [3.05, 3.63) is 46.7 Å². The van der Waals surface area contributed by atoms with Crippen molar-refractivity contribution in [3.63, 3.8) is 0 Å². The molecule has 0 radical (unpaired) electrons. The maximum Gasteiger partial charge on any atom is 0.231 e. The lowest BCUT2D eigenvalue weighted by Crippen LogP contribution is -2.00. The molecule has 0 fully saturated rings. The SMILES string of the molecule is CCOc1ccc2c(c1C)O/C(=C\c1cc(OC)c(OC)cc1OC)C2=O. The van der Waals surface area contributed by atoms with Crippen LogP contribution in [0.3, 0.4) is 0 Å². The lowest BCUT2D eigenvalue weighted by Gasteiger charge is -2.12. The van der Waals surface area contributed by atoms with Crippen LogP contribution in [0.2, 0.25) is 0 Å². The van der Waals surface area contributed by atoms with Gasteiger partial charge in [0.1, 0.15) is 17.2 Å². The van der Waals surface area contributed by atoms with Gasteiger partial charge in [0, 0.05) is 17.2 Å². The average molecular weight is 370 g/mol. The van der Waals surface area contributed by atoms with E-state index in [9.17, 15) is 4.79 Å². The van der Waals surface area contributed by atoms with Crippen LogP contribution in [0.5, 0.6) is 28.7 Å². The summed E-state index contributed by atoms with van der Waals surface area (Å²) in [5.74, 6) is 2.86. The molecule has 6 heteroatoms. The van der Waals surface area contributed by atoms with Crippen LogP contribution in [-0.2, 0) is 0 Å². The number of hydrogen-bond donors (Lipinski definition) is 0. The highest BCUT2D eigenvalue weighted by Gasteiger charge is 2.30. The van der Waals surface area contributed by atoms with E-state index < -0.39 is 0 Å². The zero-order chi connectivity index (χ0) is 19.6. The van der Waals surface area contributed by atoms with E-state index in [4.69, 9.17) is 23.7 Å². The van der Waals surface area contributed by atoms with Gasteiger partial charge < -0.3 is 23.7 Å². The Morgan fingerprint density at radius 1 is 0.963 bits per heavy atom. The minimum Gasteiger partial charge on any atom is -0.496 e. The predicted molar refractivity (Wildman–Crippen MR) is 101 cm³/mol. The van der Waals surface area contributed by atoms with E-state index in [1.165, 1.54) is 0 Å². The third kappa shape index (κ3) is 3.30. The molecule has 27 heavy (non-hydrogen) atoms. The van der Waals surface area contributed by atoms with Gasteiger partial charge in [-0.05, 0) is 38.1 Å². The van der Waals surface area contributed by atoms with Gasteiger partial charge in [0.2, 0.25) is 5.78 Å². The van der Waals surface area contributed by atoms with E-state index in [1.54, 1.807) is 51.7 Å². The van der Waals surface area contributed by atoms with Crippen LogP contribution >= 0.6 is 0 Å². The number of carbonyl (C=O) groups is 1. The fourth-order valence-electron chi connectivity index (χ4n) is 2.99. The number of hydrogen-bond acceptors (Lipinski definition) is 6. The van der Waals surface area contributed by atoms with Gasteiger partial charge in [-0.3, -0.25) is 4.79 Å². The number of ketones is 1. The van der Waals surface area contributed by atoms with Crippen molar-refractivity contribution in [1.82, 2.24) is 0 Å². The molecule has 2 aromatic carbocycles. The fourth-order valence-corrected chi connectivity index (χ4v) is 2.99. The second kappa shape index (κ2) is 7.61. The molecule has 0 aliphatic carbocycles. The Kier molecular flexibility index (Phi) is 5.26. The molecule has 3 rings (SSSR count). The number of ether oxygens (including phenoxy) is 5. The minimum absolute atomic E-state index is 0.187. The van der Waals surface area contributed by atoms with Gasteiger partial charge in [0.05, 0.1) is 33.5 Å². The summed E-state index contributed by atoms with van der Waals surface area (Å²) >= 11 is 0. The molecule has 0 saturated carbocycles. The Hall–Kier alpha value is -3.15. The molecule has 1 aliphatic heterocycles. The van der Waals surface area contributed by atoms with Gasteiger partial charge in [0.15, 0.2) is 17.3 Å². The van der Waals surface area contributed by atoms with Gasteiger partial charge in [-0.1, -0.05) is 0 Å². The maximum atomic E-state index is 12.8. The first kappa shape index (κ1) is 18.6. The quantitative estimate of drug-likeness (QED) is 0.715. The van der Waals surface area contributed by atoms with Gasteiger partial charge in [-0.15, -0.1) is 0 Å². The summed E-state index contributed by atoms with van der Waals surface area (Å²) in [4.78, 5) is 12.8. The summed E-state index contributed by atoms with van der Waals surface area (Å²) in [6.07, 6.45) is 1.64. The van der Waals surface area contributed by atoms with Crippen molar-refractivity contribution >= 4 is 11.9 Å². The third-order valence-electron chi connectivity index (χ3n) is 4.36. The highest BCUT2D eigenvalue weighted by atomic mass is 16.5. The number of benzene rings is 2. The first-order chi connectivity index (χ1) is 13.0. The molecule has 0 amide bonds. The highest BCUT2D eigenvalue weighted by Crippen LogP contribution is 2.41. The second-order valence-electron chi connectivity index (χ2n) is 5.89. The van der Waals surface area contributed by atoms with Crippen LogP contribution in [0.1, 0.15) is 28.4 Å². The van der Waals surface area contributed by atoms with Crippen LogP contribution in [0, 0.1) is 6.92 Å². The molecule has 0 unspecified atom stereocenters. The summed E-state index contributed by atoms with van der Waals surface area (Å²) in [7, 11) is 4.65. The molecule has 0 saturated heterocycles. The Morgan fingerprint density at radius 2 is 1.63 bits per heavy atom. The molecule has 2 aromatic rings. The molecule has 142 valence electrons. The maximum absolute atomic E-state index is 12.8. The van der Waals surface area contributed by atoms with Crippen LogP contribution in [-0.4, -0.2) is 33.7 Å². The number of methoxy groups -OCH3 is 3. The Balaban J connectivity index is 2.04. The van der Waals surface area contributed by atoms with E-state index in [-0.39, 0.29) is 11.5 Å². The summed E-state index contributed by atoms with van der Waals surface area (Å²) in [5, 5.41) is 0. The average Bonchev–Trinajstić information content (AvgIpc) is 3.00. The van der Waals surface area contributed by atoms with Crippen molar-refractivity contribution in [1.29, 1.82) is 0 Å². The van der Waals surface area contributed by atoms with E-state index in [1.807, 2.05) is 13.8 Å². The largest absolute Gasteiger partial charge is 0.496 e. The van der Waals surface area contributed by atoms with Crippen LogP contribution in [0.25, 0.3) is 6.08 Å². The van der Waals surface area contributed by atoms with E-state index >= 15 is 0 Å². The van der Waals surface area contributed by atoms with Crippen molar-refractivity contribution < 1.29 is 28.5 Å². The summed E-state index contributed by atoms with van der Waals surface area (Å²) < 4.78 is 27.5. The number of carbonyl (C=O) groups excluding carboxylic acids is 1. The summed E-state index contributed by atoms with van der Waals surface area (Å²) in [5.41, 5.74) is 1.96. The number of rotatable bonds is 6. The molecule has 1 heterocycles. The monoisotopic (exact) mass is 370 g/mol. The molecule has 0 aromatic heterocycles. The Labute approximate surface area is 158 Å². The molecule has 0 spiro atoms. The second-order valence-corrected chi connectivity index (χ2v) is 5.89. The van der Waals surface area contributed by atoms with Crippen molar-refractivity contribution in [2.24, 2.45) is 0 Å². The molecular formula is C21H22O6. The van der Waals surface area contributed by atoms with Crippen LogP contribution < -0.4 is 23.7 Å². The molecule has 0 bridgehead atoms. The first-order valence-corrected chi connectivity index (χ1v) is 8.54. The van der Waals surface area contributed by atoms with Gasteiger partial charge >= 0.3 is 0 Å². The number of allylic oxidation sites excluding steroid dienone is 1.